The van der Waals surface area contributed by atoms with Crippen LogP contribution >= 0.6 is 27.7 Å². The lowest BCUT2D eigenvalue weighted by Gasteiger charge is -2.08. The zero-order chi connectivity index (χ0) is 13.5. The SMILES string of the molecule is C#CCSCCNCc1ccc(Br)c2cccnc12. The Kier molecular flexibility index (Phi) is 5.71. The smallest absolute Gasteiger partial charge is 0.0758 e. The van der Waals surface area contributed by atoms with Crippen molar-refractivity contribution in [2.24, 2.45) is 0 Å². The van der Waals surface area contributed by atoms with E-state index < -0.39 is 0 Å². The Morgan fingerprint density at radius 1 is 1.37 bits per heavy atom. The van der Waals surface area contributed by atoms with Gasteiger partial charge in [-0.2, -0.15) is 0 Å². The van der Waals surface area contributed by atoms with Gasteiger partial charge in [0.2, 0.25) is 0 Å². The van der Waals surface area contributed by atoms with Gasteiger partial charge in [-0.1, -0.05) is 34.0 Å². The number of rotatable bonds is 6. The molecule has 1 aromatic heterocycles. The Balaban J connectivity index is 1.98. The third-order valence-electron chi connectivity index (χ3n) is 2.72. The number of pyridine rings is 1. The molecule has 1 aromatic carbocycles. The minimum Gasteiger partial charge on any atom is -0.312 e. The fourth-order valence-electron chi connectivity index (χ4n) is 1.84. The van der Waals surface area contributed by atoms with Crippen molar-refractivity contribution in [1.29, 1.82) is 0 Å². The molecule has 98 valence electrons. The van der Waals surface area contributed by atoms with Crippen LogP contribution in [0.25, 0.3) is 10.9 Å². The van der Waals surface area contributed by atoms with E-state index in [-0.39, 0.29) is 0 Å². The molecule has 0 amide bonds. The number of hydrogen-bond donors (Lipinski definition) is 1. The summed E-state index contributed by atoms with van der Waals surface area (Å²) in [6.45, 7) is 1.79. The summed E-state index contributed by atoms with van der Waals surface area (Å²) in [4.78, 5) is 4.47. The van der Waals surface area contributed by atoms with E-state index >= 15 is 0 Å². The van der Waals surface area contributed by atoms with Gasteiger partial charge >= 0.3 is 0 Å². The van der Waals surface area contributed by atoms with E-state index in [0.29, 0.717) is 0 Å². The van der Waals surface area contributed by atoms with Gasteiger partial charge in [-0.25, -0.2) is 0 Å². The minimum atomic E-state index is 0.782. The van der Waals surface area contributed by atoms with E-state index in [4.69, 9.17) is 6.42 Å². The summed E-state index contributed by atoms with van der Waals surface area (Å²) in [7, 11) is 0. The molecule has 0 saturated carbocycles. The van der Waals surface area contributed by atoms with Crippen LogP contribution in [0.1, 0.15) is 5.56 Å². The highest BCUT2D eigenvalue weighted by Crippen LogP contribution is 2.24. The van der Waals surface area contributed by atoms with Crippen LogP contribution in [0.4, 0.5) is 0 Å². The van der Waals surface area contributed by atoms with Crippen LogP contribution in [0.15, 0.2) is 34.9 Å². The van der Waals surface area contributed by atoms with Crippen molar-refractivity contribution < 1.29 is 0 Å². The molecule has 0 aliphatic heterocycles. The Labute approximate surface area is 126 Å². The normalized spacial score (nSPS) is 10.5. The predicted molar refractivity (Wildman–Crippen MR) is 87.3 cm³/mol. The number of fused-ring (bicyclic) bond motifs is 1. The van der Waals surface area contributed by atoms with E-state index in [1.54, 1.807) is 11.8 Å². The molecule has 2 nitrogen and oxygen atoms in total. The molecule has 0 fully saturated rings. The largest absolute Gasteiger partial charge is 0.312 e. The second-order valence-corrected chi connectivity index (χ2v) is 6.00. The van der Waals surface area contributed by atoms with Gasteiger partial charge in [-0.15, -0.1) is 18.2 Å². The molecule has 19 heavy (non-hydrogen) atoms. The lowest BCUT2D eigenvalue weighted by atomic mass is 10.1. The zero-order valence-corrected chi connectivity index (χ0v) is 12.9. The minimum absolute atomic E-state index is 0.782. The zero-order valence-electron chi connectivity index (χ0n) is 10.5. The van der Waals surface area contributed by atoms with Gasteiger partial charge in [-0.05, 0) is 17.7 Å². The van der Waals surface area contributed by atoms with Crippen molar-refractivity contribution in [3.05, 3.63) is 40.5 Å². The van der Waals surface area contributed by atoms with E-state index in [2.05, 4.69) is 50.4 Å². The first kappa shape index (κ1) is 14.4. The maximum Gasteiger partial charge on any atom is 0.0758 e. The highest BCUT2D eigenvalue weighted by Gasteiger charge is 2.04. The lowest BCUT2D eigenvalue weighted by molar-refractivity contribution is 0.735. The average molecular weight is 335 g/mol. The van der Waals surface area contributed by atoms with Gasteiger partial charge in [0, 0.05) is 34.9 Å². The van der Waals surface area contributed by atoms with Crippen molar-refractivity contribution in [2.45, 2.75) is 6.54 Å². The Bertz CT molecular complexity index is 592. The van der Waals surface area contributed by atoms with Gasteiger partial charge in [0.25, 0.3) is 0 Å². The third kappa shape index (κ3) is 3.97. The van der Waals surface area contributed by atoms with Crippen LogP contribution in [-0.4, -0.2) is 23.0 Å². The second-order valence-electron chi connectivity index (χ2n) is 4.04. The monoisotopic (exact) mass is 334 g/mol. The summed E-state index contributed by atoms with van der Waals surface area (Å²) < 4.78 is 1.09. The molecular weight excluding hydrogens is 320 g/mol. The highest BCUT2D eigenvalue weighted by atomic mass is 79.9. The first-order valence-electron chi connectivity index (χ1n) is 6.07. The number of terminal acetylenes is 1. The molecule has 0 aliphatic carbocycles. The topological polar surface area (TPSA) is 24.9 Å². The number of hydrogen-bond acceptors (Lipinski definition) is 3. The van der Waals surface area contributed by atoms with Crippen molar-refractivity contribution in [3.8, 4) is 12.3 Å². The fraction of sp³-hybridized carbons (Fsp3) is 0.267. The number of thioether (sulfide) groups is 1. The number of nitrogens with zero attached hydrogens (tertiary/aromatic N) is 1. The summed E-state index contributed by atoms with van der Waals surface area (Å²) in [6.07, 6.45) is 7.04. The molecule has 0 aliphatic rings. The van der Waals surface area contributed by atoms with Crippen molar-refractivity contribution >= 4 is 38.6 Å². The van der Waals surface area contributed by atoms with Crippen molar-refractivity contribution in [3.63, 3.8) is 0 Å². The molecule has 0 saturated heterocycles. The van der Waals surface area contributed by atoms with E-state index in [1.807, 2.05) is 12.3 Å². The molecule has 0 radical (unpaired) electrons. The number of halogens is 1. The van der Waals surface area contributed by atoms with Crippen molar-refractivity contribution in [1.82, 2.24) is 10.3 Å². The van der Waals surface area contributed by atoms with Crippen LogP contribution in [0.3, 0.4) is 0 Å². The van der Waals surface area contributed by atoms with Gasteiger partial charge in [0.1, 0.15) is 0 Å². The predicted octanol–water partition coefficient (Wildman–Crippen LogP) is 3.45. The number of benzene rings is 1. The van der Waals surface area contributed by atoms with Gasteiger partial charge in [-0.3, -0.25) is 4.98 Å². The molecule has 0 bridgehead atoms. The fourth-order valence-corrected chi connectivity index (χ4v) is 2.84. The Hall–Kier alpha value is -1.02. The molecule has 1 heterocycles. The Morgan fingerprint density at radius 3 is 3.11 bits per heavy atom. The lowest BCUT2D eigenvalue weighted by Crippen LogP contribution is -2.17. The maximum absolute atomic E-state index is 5.21. The first-order valence-corrected chi connectivity index (χ1v) is 8.01. The van der Waals surface area contributed by atoms with Crippen LogP contribution in [0.2, 0.25) is 0 Å². The average Bonchev–Trinajstić information content (AvgIpc) is 2.45. The highest BCUT2D eigenvalue weighted by molar-refractivity contribution is 9.10. The van der Waals surface area contributed by atoms with E-state index in [9.17, 15) is 0 Å². The molecule has 1 N–H and O–H groups in total. The molecule has 0 unspecified atom stereocenters. The van der Waals surface area contributed by atoms with Gasteiger partial charge in [0.15, 0.2) is 0 Å². The molecule has 0 atom stereocenters. The molecule has 4 heteroatoms. The van der Waals surface area contributed by atoms with E-state index in [0.717, 1.165) is 40.0 Å². The standard InChI is InChI=1S/C15H15BrN2S/c1-2-9-19-10-8-17-11-12-5-6-14(16)13-4-3-7-18-15(12)13/h1,3-7,17H,8-11H2. The third-order valence-corrected chi connectivity index (χ3v) is 4.28. The molecular formula is C15H15BrN2S. The van der Waals surface area contributed by atoms with Crippen LogP contribution in [0.5, 0.6) is 0 Å². The van der Waals surface area contributed by atoms with Gasteiger partial charge < -0.3 is 5.32 Å². The molecule has 2 rings (SSSR count). The number of aromatic nitrogens is 1. The van der Waals surface area contributed by atoms with E-state index in [1.165, 1.54) is 5.56 Å². The summed E-state index contributed by atoms with van der Waals surface area (Å²) in [5.41, 5.74) is 2.28. The number of nitrogens with one attached hydrogen (secondary N) is 1. The van der Waals surface area contributed by atoms with Crippen LogP contribution < -0.4 is 5.32 Å². The van der Waals surface area contributed by atoms with Crippen LogP contribution in [-0.2, 0) is 6.54 Å². The second kappa shape index (κ2) is 7.54. The van der Waals surface area contributed by atoms with Crippen LogP contribution in [0, 0.1) is 12.3 Å². The summed E-state index contributed by atoms with van der Waals surface area (Å²) in [5.74, 6) is 4.44. The quantitative estimate of drug-likeness (QED) is 0.646. The first-order chi connectivity index (χ1) is 9.33. The summed E-state index contributed by atoms with van der Waals surface area (Å²) in [6, 6.07) is 8.23. The summed E-state index contributed by atoms with van der Waals surface area (Å²) in [5, 5.41) is 4.58. The molecule has 2 aromatic rings. The van der Waals surface area contributed by atoms with Crippen molar-refractivity contribution in [2.75, 3.05) is 18.1 Å². The Morgan fingerprint density at radius 2 is 2.26 bits per heavy atom. The maximum atomic E-state index is 5.21. The molecule has 0 spiro atoms. The summed E-state index contributed by atoms with van der Waals surface area (Å²) >= 11 is 5.33. The van der Waals surface area contributed by atoms with Gasteiger partial charge in [0.05, 0.1) is 11.3 Å².